The van der Waals surface area contributed by atoms with Crippen LogP contribution in [0.4, 0.5) is 0 Å². The third kappa shape index (κ3) is 4.02. The number of aromatic carboxylic acids is 6. The van der Waals surface area contributed by atoms with Crippen LogP contribution in [0.15, 0.2) is 0 Å². The summed E-state index contributed by atoms with van der Waals surface area (Å²) in [7, 11) is 0. The molecule has 0 spiro atoms. The molecule has 1 aromatic rings. The summed E-state index contributed by atoms with van der Waals surface area (Å²) >= 11 is 0. The van der Waals surface area contributed by atoms with Gasteiger partial charge in [-0.2, -0.15) is 0 Å². The van der Waals surface area contributed by atoms with Crippen molar-refractivity contribution in [3.8, 4) is 0 Å². The summed E-state index contributed by atoms with van der Waals surface area (Å²) in [5, 5.41) is 54.2. The molecule has 0 atom stereocenters. The molecule has 0 aliphatic heterocycles. The van der Waals surface area contributed by atoms with Crippen molar-refractivity contribution >= 4 is 87.2 Å². The Morgan fingerprint density at radius 1 is 0.360 bits per heavy atom. The molecule has 6 N–H and O–H groups in total. The fourth-order valence-corrected chi connectivity index (χ4v) is 2.03. The molecule has 13 heteroatoms. The Morgan fingerprint density at radius 3 is 0.480 bits per heavy atom. The van der Waals surface area contributed by atoms with E-state index in [2.05, 4.69) is 0 Å². The molecule has 1 aromatic carbocycles. The van der Waals surface area contributed by atoms with E-state index in [-0.39, 0.29) is 51.4 Å². The normalized spacial score (nSPS) is 9.60. The van der Waals surface area contributed by atoms with Crippen molar-refractivity contribution in [3.63, 3.8) is 0 Å². The molecule has 1 radical (unpaired) electrons. The Balaban J connectivity index is 0.00000576. The van der Waals surface area contributed by atoms with Gasteiger partial charge in [0.2, 0.25) is 0 Å². The van der Waals surface area contributed by atoms with Gasteiger partial charge in [-0.1, -0.05) is 0 Å². The standard InChI is InChI=1S/C12H6O12.K/c13-7(14)1-2(8(15)16)4(10(19)20)6(12(23)24)5(11(21)22)3(1)9(17)18;/h(H,13,14)(H,15,16)(H,17,18)(H,19,20)(H,21,22)(H,23,24);. The second-order valence-electron chi connectivity index (χ2n) is 4.08. The first-order chi connectivity index (χ1) is 10.9. The van der Waals surface area contributed by atoms with Crippen LogP contribution in [0.3, 0.4) is 0 Å². The van der Waals surface area contributed by atoms with Gasteiger partial charge in [0.05, 0.1) is 33.4 Å². The van der Waals surface area contributed by atoms with Gasteiger partial charge in [0, 0.05) is 51.4 Å². The zero-order valence-electron chi connectivity index (χ0n) is 12.1. The van der Waals surface area contributed by atoms with Crippen LogP contribution in [0, 0.1) is 0 Å². The number of benzene rings is 1. The van der Waals surface area contributed by atoms with Crippen LogP contribution in [0.2, 0.25) is 0 Å². The molecule has 0 aromatic heterocycles. The van der Waals surface area contributed by atoms with E-state index < -0.39 is 69.2 Å². The van der Waals surface area contributed by atoms with Crippen LogP contribution in [0.1, 0.15) is 62.1 Å². The smallest absolute Gasteiger partial charge is 0.337 e. The van der Waals surface area contributed by atoms with E-state index >= 15 is 0 Å². The minimum absolute atomic E-state index is 0. The number of rotatable bonds is 6. The predicted octanol–water partition coefficient (Wildman–Crippen LogP) is -0.505. The number of carbonyl (C=O) groups is 6. The van der Waals surface area contributed by atoms with Crippen LogP contribution in [0.25, 0.3) is 0 Å². The monoisotopic (exact) mass is 381 g/mol. The second kappa shape index (κ2) is 8.17. The third-order valence-electron chi connectivity index (χ3n) is 2.78. The fraction of sp³-hybridized carbons (Fsp3) is 0. The molecular formula is C12H6KO12. The summed E-state index contributed by atoms with van der Waals surface area (Å²) < 4.78 is 0. The fourth-order valence-electron chi connectivity index (χ4n) is 2.03. The molecule has 0 aliphatic rings. The third-order valence-corrected chi connectivity index (χ3v) is 2.78. The van der Waals surface area contributed by atoms with Gasteiger partial charge in [0.1, 0.15) is 0 Å². The van der Waals surface area contributed by atoms with Crippen LogP contribution < -0.4 is 0 Å². The zero-order chi connectivity index (χ0) is 18.9. The number of hydrogen-bond donors (Lipinski definition) is 6. The quantitative estimate of drug-likeness (QED) is 0.343. The summed E-state index contributed by atoms with van der Waals surface area (Å²) in [4.78, 5) is 67.3. The Bertz CT molecular complexity index is 639. The van der Waals surface area contributed by atoms with Crippen LogP contribution in [-0.4, -0.2) is 118 Å². The Hall–Kier alpha value is -2.32. The van der Waals surface area contributed by atoms with Crippen molar-refractivity contribution in [1.82, 2.24) is 0 Å². The van der Waals surface area contributed by atoms with Crippen molar-refractivity contribution in [2.24, 2.45) is 0 Å². The van der Waals surface area contributed by atoms with Gasteiger partial charge in [-0.25, -0.2) is 28.8 Å². The van der Waals surface area contributed by atoms with E-state index in [9.17, 15) is 28.8 Å². The van der Waals surface area contributed by atoms with Crippen LogP contribution in [-0.2, 0) is 0 Å². The summed E-state index contributed by atoms with van der Waals surface area (Å²) in [5.74, 6) is -13.5. The van der Waals surface area contributed by atoms with Crippen LogP contribution >= 0.6 is 0 Å². The van der Waals surface area contributed by atoms with Gasteiger partial charge in [0.25, 0.3) is 0 Å². The first kappa shape index (κ1) is 22.7. The maximum Gasteiger partial charge on any atom is 0.337 e. The van der Waals surface area contributed by atoms with Gasteiger partial charge in [-0.15, -0.1) is 0 Å². The van der Waals surface area contributed by atoms with E-state index in [4.69, 9.17) is 30.6 Å². The minimum atomic E-state index is -2.26. The molecule has 0 heterocycles. The first-order valence-corrected chi connectivity index (χ1v) is 5.57. The molecule has 1 rings (SSSR count). The molecule has 0 bridgehead atoms. The summed E-state index contributed by atoms with van der Waals surface area (Å²) in [6.07, 6.45) is 0. The average Bonchev–Trinajstić information content (AvgIpc) is 2.42. The largest absolute Gasteiger partial charge is 0.478 e. The molecule has 12 nitrogen and oxygen atoms in total. The number of carboxylic acids is 6. The summed E-state index contributed by atoms with van der Waals surface area (Å²) in [6, 6.07) is 0. The molecular weight excluding hydrogens is 375 g/mol. The van der Waals surface area contributed by atoms with Crippen molar-refractivity contribution in [2.75, 3.05) is 0 Å². The SMILES string of the molecule is O=C(O)c1c(C(=O)O)c(C(=O)O)c(C(=O)O)c(C(=O)O)c1C(=O)O.[K]. The van der Waals surface area contributed by atoms with Gasteiger partial charge in [0.15, 0.2) is 0 Å². The van der Waals surface area contributed by atoms with E-state index in [0.29, 0.717) is 0 Å². The number of carboxylic acid groups (broad SMARTS) is 6. The van der Waals surface area contributed by atoms with Crippen molar-refractivity contribution < 1.29 is 59.4 Å². The van der Waals surface area contributed by atoms with Gasteiger partial charge in [-0.3, -0.25) is 0 Å². The zero-order valence-corrected chi connectivity index (χ0v) is 15.3. The molecule has 0 saturated carbocycles. The minimum Gasteiger partial charge on any atom is -0.478 e. The molecule has 127 valence electrons. The van der Waals surface area contributed by atoms with E-state index in [0.717, 1.165) is 0 Å². The van der Waals surface area contributed by atoms with E-state index in [1.165, 1.54) is 0 Å². The summed E-state index contributed by atoms with van der Waals surface area (Å²) in [5.41, 5.74) is -9.95. The number of hydrogen-bond acceptors (Lipinski definition) is 6. The average molecular weight is 381 g/mol. The van der Waals surface area contributed by atoms with E-state index in [1.54, 1.807) is 0 Å². The molecule has 25 heavy (non-hydrogen) atoms. The second-order valence-corrected chi connectivity index (χ2v) is 4.08. The maximum atomic E-state index is 11.2. The topological polar surface area (TPSA) is 224 Å². The van der Waals surface area contributed by atoms with Gasteiger partial charge >= 0.3 is 35.8 Å². The Morgan fingerprint density at radius 2 is 0.440 bits per heavy atom. The molecule has 0 aliphatic carbocycles. The summed E-state index contributed by atoms with van der Waals surface area (Å²) in [6.45, 7) is 0. The first-order valence-electron chi connectivity index (χ1n) is 5.57. The Labute approximate surface area is 178 Å². The predicted molar refractivity (Wildman–Crippen MR) is 74.0 cm³/mol. The molecule has 0 saturated heterocycles. The molecule has 0 amide bonds. The Kier molecular flexibility index (Phi) is 7.41. The van der Waals surface area contributed by atoms with Gasteiger partial charge < -0.3 is 30.6 Å². The van der Waals surface area contributed by atoms with Gasteiger partial charge in [-0.05, 0) is 0 Å². The van der Waals surface area contributed by atoms with Crippen molar-refractivity contribution in [1.29, 1.82) is 0 Å². The van der Waals surface area contributed by atoms with Crippen molar-refractivity contribution in [2.45, 2.75) is 0 Å². The van der Waals surface area contributed by atoms with Crippen LogP contribution in [0.5, 0.6) is 0 Å². The molecule has 0 unspecified atom stereocenters. The maximum absolute atomic E-state index is 11.2. The van der Waals surface area contributed by atoms with Crippen molar-refractivity contribution in [3.05, 3.63) is 33.4 Å². The van der Waals surface area contributed by atoms with E-state index in [1.807, 2.05) is 0 Å². The molecule has 0 fully saturated rings.